The number of aliphatic hydroxyl groups excluding tert-OH is 1. The van der Waals surface area contributed by atoms with Gasteiger partial charge in [-0.2, -0.15) is 0 Å². The van der Waals surface area contributed by atoms with Crippen LogP contribution in [0.2, 0.25) is 0 Å². The number of aliphatic hydroxyl groups is 1. The number of rotatable bonds is 5. The van der Waals surface area contributed by atoms with E-state index in [1.807, 2.05) is 23.1 Å². The van der Waals surface area contributed by atoms with E-state index in [1.165, 1.54) is 5.56 Å². The van der Waals surface area contributed by atoms with Crippen LogP contribution in [0.5, 0.6) is 0 Å². The van der Waals surface area contributed by atoms with Crippen molar-refractivity contribution >= 4 is 5.91 Å². The van der Waals surface area contributed by atoms with Gasteiger partial charge < -0.3 is 10.0 Å². The van der Waals surface area contributed by atoms with Crippen molar-refractivity contribution in [2.75, 3.05) is 26.2 Å². The van der Waals surface area contributed by atoms with Crippen LogP contribution in [0, 0.1) is 0 Å². The van der Waals surface area contributed by atoms with E-state index in [2.05, 4.69) is 24.0 Å². The van der Waals surface area contributed by atoms with E-state index >= 15 is 0 Å². The predicted molar refractivity (Wildman–Crippen MR) is 95.9 cm³/mol. The fraction of sp³-hybridized carbons (Fsp3) is 0.650. The number of hydrogen-bond donors (Lipinski definition) is 1. The molecule has 1 saturated carbocycles. The molecular formula is C20H30N2O2. The highest BCUT2D eigenvalue weighted by atomic mass is 16.3. The van der Waals surface area contributed by atoms with Gasteiger partial charge in [0.05, 0.1) is 6.10 Å². The molecule has 1 N–H and O–H groups in total. The molecule has 3 rings (SSSR count). The first-order chi connectivity index (χ1) is 11.7. The fourth-order valence-corrected chi connectivity index (χ4v) is 4.21. The molecule has 4 heteroatoms. The van der Waals surface area contributed by atoms with Gasteiger partial charge in [0, 0.05) is 38.6 Å². The summed E-state index contributed by atoms with van der Waals surface area (Å²) in [5, 5.41) is 10.1. The van der Waals surface area contributed by atoms with E-state index in [0.717, 1.165) is 51.9 Å². The van der Waals surface area contributed by atoms with Gasteiger partial charge >= 0.3 is 0 Å². The average molecular weight is 330 g/mol. The Balaban J connectivity index is 1.51. The molecule has 2 aliphatic rings. The quantitative estimate of drug-likeness (QED) is 0.902. The molecule has 0 bridgehead atoms. The largest absolute Gasteiger partial charge is 0.391 e. The number of carbonyl (C=O) groups is 1. The van der Waals surface area contributed by atoms with Gasteiger partial charge in [-0.15, -0.1) is 0 Å². The topological polar surface area (TPSA) is 43.8 Å². The fourth-order valence-electron chi connectivity index (χ4n) is 4.21. The summed E-state index contributed by atoms with van der Waals surface area (Å²) in [7, 11) is 0. The van der Waals surface area contributed by atoms with Gasteiger partial charge in [0.25, 0.3) is 0 Å². The Bertz CT molecular complexity index is 526. The monoisotopic (exact) mass is 330 g/mol. The maximum atomic E-state index is 12.7. The van der Waals surface area contributed by atoms with Gasteiger partial charge in [-0.25, -0.2) is 0 Å². The molecular weight excluding hydrogens is 300 g/mol. The molecule has 1 heterocycles. The first-order valence-corrected chi connectivity index (χ1v) is 9.44. The normalized spacial score (nSPS) is 26.5. The summed E-state index contributed by atoms with van der Waals surface area (Å²) in [6.07, 6.45) is 4.58. The minimum Gasteiger partial charge on any atom is -0.391 e. The smallest absolute Gasteiger partial charge is 0.223 e. The van der Waals surface area contributed by atoms with Crippen molar-refractivity contribution in [3.05, 3.63) is 35.9 Å². The molecule has 1 saturated heterocycles. The number of benzene rings is 1. The van der Waals surface area contributed by atoms with Crippen LogP contribution in [-0.4, -0.2) is 59.1 Å². The van der Waals surface area contributed by atoms with Crippen LogP contribution < -0.4 is 0 Å². The van der Waals surface area contributed by atoms with Crippen LogP contribution in [0.4, 0.5) is 0 Å². The third-order valence-electron chi connectivity index (χ3n) is 5.76. The number of hydrogen-bond acceptors (Lipinski definition) is 3. The minimum atomic E-state index is -0.171. The van der Waals surface area contributed by atoms with Gasteiger partial charge in [-0.05, 0) is 37.2 Å². The van der Waals surface area contributed by atoms with Crippen molar-refractivity contribution in [2.45, 2.75) is 57.1 Å². The van der Waals surface area contributed by atoms with E-state index in [4.69, 9.17) is 0 Å². The van der Waals surface area contributed by atoms with Gasteiger partial charge in [0.2, 0.25) is 5.91 Å². The Kier molecular flexibility index (Phi) is 5.90. The second kappa shape index (κ2) is 8.13. The van der Waals surface area contributed by atoms with E-state index in [0.29, 0.717) is 18.4 Å². The number of carbonyl (C=O) groups excluding carboxylic acids is 1. The Morgan fingerprint density at radius 3 is 2.46 bits per heavy atom. The lowest BCUT2D eigenvalue weighted by molar-refractivity contribution is -0.134. The van der Waals surface area contributed by atoms with Gasteiger partial charge in [0.15, 0.2) is 0 Å². The van der Waals surface area contributed by atoms with Crippen molar-refractivity contribution in [1.82, 2.24) is 9.80 Å². The number of amides is 1. The molecule has 132 valence electrons. The zero-order valence-corrected chi connectivity index (χ0v) is 14.7. The summed E-state index contributed by atoms with van der Waals surface area (Å²) in [5.74, 6) is 0.589. The molecule has 1 aromatic rings. The van der Waals surface area contributed by atoms with Crippen molar-refractivity contribution in [1.29, 1.82) is 0 Å². The molecule has 1 amide bonds. The summed E-state index contributed by atoms with van der Waals surface area (Å²) in [6.45, 7) is 5.55. The molecule has 0 aromatic heterocycles. The van der Waals surface area contributed by atoms with Crippen molar-refractivity contribution in [3.63, 3.8) is 0 Å². The van der Waals surface area contributed by atoms with Crippen molar-refractivity contribution < 1.29 is 9.90 Å². The molecule has 1 aromatic carbocycles. The lowest BCUT2D eigenvalue weighted by atomic mass is 9.92. The van der Waals surface area contributed by atoms with Gasteiger partial charge in [-0.1, -0.05) is 37.3 Å². The van der Waals surface area contributed by atoms with E-state index in [1.54, 1.807) is 0 Å². The standard InChI is InChI=1S/C20H30N2O2/c1-2-16(17-7-4-3-5-8-17)15-20(24)22-13-11-21(12-14-22)18-9-6-10-19(18)23/h3-5,7-8,16,18-19,23H,2,6,9-15H2,1H3/t16-,18-,19-/m1/s1. The van der Waals surface area contributed by atoms with Crippen LogP contribution in [0.1, 0.15) is 50.5 Å². The molecule has 4 nitrogen and oxygen atoms in total. The van der Waals surface area contributed by atoms with Gasteiger partial charge in [-0.3, -0.25) is 9.69 Å². The SMILES string of the molecule is CC[C@H](CC(=O)N1CCN([C@@H]2CCC[C@H]2O)CC1)c1ccccc1. The lowest BCUT2D eigenvalue weighted by Gasteiger charge is -2.39. The van der Waals surface area contributed by atoms with Crippen LogP contribution in [0.15, 0.2) is 30.3 Å². The van der Waals surface area contributed by atoms with Crippen molar-refractivity contribution in [2.24, 2.45) is 0 Å². The molecule has 1 aliphatic carbocycles. The molecule has 3 atom stereocenters. The summed E-state index contributed by atoms with van der Waals surface area (Å²) in [4.78, 5) is 17.1. The first kappa shape index (κ1) is 17.4. The third-order valence-corrected chi connectivity index (χ3v) is 5.76. The molecule has 2 fully saturated rings. The summed E-state index contributed by atoms with van der Waals surface area (Å²) in [6, 6.07) is 10.7. The molecule has 0 spiro atoms. The predicted octanol–water partition coefficient (Wildman–Crippen LogP) is 2.63. The van der Waals surface area contributed by atoms with Crippen LogP contribution >= 0.6 is 0 Å². The maximum Gasteiger partial charge on any atom is 0.223 e. The third kappa shape index (κ3) is 3.98. The van der Waals surface area contributed by atoms with E-state index in [-0.39, 0.29) is 12.0 Å². The zero-order valence-electron chi connectivity index (χ0n) is 14.7. The summed E-state index contributed by atoms with van der Waals surface area (Å²) < 4.78 is 0. The highest BCUT2D eigenvalue weighted by molar-refractivity contribution is 5.77. The second-order valence-corrected chi connectivity index (χ2v) is 7.20. The zero-order chi connectivity index (χ0) is 16.9. The minimum absolute atomic E-state index is 0.171. The Hall–Kier alpha value is -1.39. The Labute approximate surface area is 145 Å². The van der Waals surface area contributed by atoms with E-state index in [9.17, 15) is 9.90 Å². The van der Waals surface area contributed by atoms with Gasteiger partial charge in [0.1, 0.15) is 0 Å². The summed E-state index contributed by atoms with van der Waals surface area (Å²) >= 11 is 0. The maximum absolute atomic E-state index is 12.7. The second-order valence-electron chi connectivity index (χ2n) is 7.20. The molecule has 0 radical (unpaired) electrons. The molecule has 1 aliphatic heterocycles. The summed E-state index contributed by atoms with van der Waals surface area (Å²) in [5.41, 5.74) is 1.26. The highest BCUT2D eigenvalue weighted by Crippen LogP contribution is 2.27. The van der Waals surface area contributed by atoms with E-state index < -0.39 is 0 Å². The molecule has 0 unspecified atom stereocenters. The van der Waals surface area contributed by atoms with Crippen LogP contribution in [0.3, 0.4) is 0 Å². The Morgan fingerprint density at radius 2 is 1.88 bits per heavy atom. The Morgan fingerprint density at radius 1 is 1.17 bits per heavy atom. The van der Waals surface area contributed by atoms with Crippen molar-refractivity contribution in [3.8, 4) is 0 Å². The molecule has 24 heavy (non-hydrogen) atoms. The van der Waals surface area contributed by atoms with Crippen LogP contribution in [0.25, 0.3) is 0 Å². The number of piperazine rings is 1. The average Bonchev–Trinajstić information content (AvgIpc) is 3.06. The highest BCUT2D eigenvalue weighted by Gasteiger charge is 2.33. The number of nitrogens with zero attached hydrogens (tertiary/aromatic N) is 2. The van der Waals surface area contributed by atoms with Crippen LogP contribution in [-0.2, 0) is 4.79 Å². The first-order valence-electron chi connectivity index (χ1n) is 9.44. The lowest BCUT2D eigenvalue weighted by Crippen LogP contribution is -2.53.